The lowest BCUT2D eigenvalue weighted by Gasteiger charge is -2.36. The van der Waals surface area contributed by atoms with E-state index in [4.69, 9.17) is 0 Å². The molecule has 7 nitrogen and oxygen atoms in total. The highest BCUT2D eigenvalue weighted by molar-refractivity contribution is 5.95. The summed E-state index contributed by atoms with van der Waals surface area (Å²) in [5, 5.41) is 0. The number of amides is 2. The minimum absolute atomic E-state index is 0.194. The highest BCUT2D eigenvalue weighted by Crippen LogP contribution is 2.15. The minimum Gasteiger partial charge on any atom is -0.369 e. The second-order valence-corrected chi connectivity index (χ2v) is 7.56. The average Bonchev–Trinajstić information content (AvgIpc) is 3.37. The van der Waals surface area contributed by atoms with E-state index in [-0.39, 0.29) is 11.8 Å². The van der Waals surface area contributed by atoms with E-state index >= 15 is 0 Å². The number of piperazine rings is 1. The number of rotatable bonds is 6. The average molecular weight is 418 g/mol. The summed E-state index contributed by atoms with van der Waals surface area (Å²) in [5.41, 5.74) is 7.66. The van der Waals surface area contributed by atoms with Crippen molar-refractivity contribution in [2.45, 2.75) is 6.42 Å². The van der Waals surface area contributed by atoms with Gasteiger partial charge in [-0.3, -0.25) is 25.3 Å². The van der Waals surface area contributed by atoms with Crippen molar-refractivity contribution in [2.75, 3.05) is 37.6 Å². The Balaban J connectivity index is 1.19. The van der Waals surface area contributed by atoms with Crippen molar-refractivity contribution in [3.8, 4) is 5.69 Å². The quantitative estimate of drug-likeness (QED) is 0.605. The highest BCUT2D eigenvalue weighted by atomic mass is 16.2. The number of nitrogens with zero attached hydrogens (tertiary/aromatic N) is 3. The third-order valence-electron chi connectivity index (χ3n) is 5.48. The van der Waals surface area contributed by atoms with Crippen LogP contribution in [-0.4, -0.2) is 54.0 Å². The summed E-state index contributed by atoms with van der Waals surface area (Å²) in [7, 11) is 0. The molecule has 2 aromatic carbocycles. The number of hydrogen-bond acceptors (Lipinski definition) is 4. The molecule has 3 aromatic rings. The standard InChI is InChI=1S/C24H27N5O2/c30-23(11-14-27-15-17-29(18-16-27)21-8-2-1-3-9-21)25-26-24(31)20-7-6-10-22(19-20)28-12-4-5-13-28/h1-10,12-13,19H,11,14-18H2,(H,25,30)(H,26,31). The van der Waals surface area contributed by atoms with Crippen LogP contribution in [0.3, 0.4) is 0 Å². The van der Waals surface area contributed by atoms with E-state index in [2.05, 4.69) is 44.9 Å². The Morgan fingerprint density at radius 3 is 2.23 bits per heavy atom. The minimum atomic E-state index is -0.334. The van der Waals surface area contributed by atoms with Crippen LogP contribution in [0.5, 0.6) is 0 Å². The molecule has 1 saturated heterocycles. The van der Waals surface area contributed by atoms with E-state index in [9.17, 15) is 9.59 Å². The fourth-order valence-electron chi connectivity index (χ4n) is 3.70. The molecule has 0 radical (unpaired) electrons. The van der Waals surface area contributed by atoms with Gasteiger partial charge in [-0.2, -0.15) is 0 Å². The van der Waals surface area contributed by atoms with E-state index in [1.807, 2.05) is 47.3 Å². The smallest absolute Gasteiger partial charge is 0.269 e. The van der Waals surface area contributed by atoms with Crippen LogP contribution < -0.4 is 15.8 Å². The van der Waals surface area contributed by atoms with Crippen molar-refractivity contribution in [3.63, 3.8) is 0 Å². The van der Waals surface area contributed by atoms with Gasteiger partial charge in [0.25, 0.3) is 5.91 Å². The summed E-state index contributed by atoms with van der Waals surface area (Å²) in [6, 6.07) is 21.5. The highest BCUT2D eigenvalue weighted by Gasteiger charge is 2.18. The number of aromatic nitrogens is 1. The molecule has 0 saturated carbocycles. The Morgan fingerprint density at radius 2 is 1.48 bits per heavy atom. The van der Waals surface area contributed by atoms with Gasteiger partial charge in [0.2, 0.25) is 5.91 Å². The number of hydrazine groups is 1. The fraction of sp³-hybridized carbons (Fsp3) is 0.250. The topological polar surface area (TPSA) is 69.6 Å². The van der Waals surface area contributed by atoms with E-state index in [0.717, 1.165) is 31.9 Å². The van der Waals surface area contributed by atoms with E-state index in [0.29, 0.717) is 18.5 Å². The Bertz CT molecular complexity index is 996. The van der Waals surface area contributed by atoms with Crippen molar-refractivity contribution >= 4 is 17.5 Å². The molecular weight excluding hydrogens is 390 g/mol. The van der Waals surface area contributed by atoms with Crippen LogP contribution in [0.1, 0.15) is 16.8 Å². The van der Waals surface area contributed by atoms with Gasteiger partial charge in [0, 0.05) is 68.5 Å². The molecule has 31 heavy (non-hydrogen) atoms. The van der Waals surface area contributed by atoms with E-state index < -0.39 is 0 Å². The Labute approximate surface area is 182 Å². The number of carbonyl (C=O) groups excluding carboxylic acids is 2. The molecule has 160 valence electrons. The number of para-hydroxylation sites is 1. The number of carbonyl (C=O) groups is 2. The lowest BCUT2D eigenvalue weighted by Crippen LogP contribution is -2.48. The molecule has 0 aliphatic carbocycles. The predicted octanol–water partition coefficient (Wildman–Crippen LogP) is 2.45. The van der Waals surface area contributed by atoms with Gasteiger partial charge in [-0.15, -0.1) is 0 Å². The van der Waals surface area contributed by atoms with Crippen LogP contribution in [-0.2, 0) is 4.79 Å². The summed E-state index contributed by atoms with van der Waals surface area (Å²) in [6.45, 7) is 4.40. The maximum absolute atomic E-state index is 12.4. The maximum Gasteiger partial charge on any atom is 0.269 e. The summed E-state index contributed by atoms with van der Waals surface area (Å²) in [4.78, 5) is 29.2. The van der Waals surface area contributed by atoms with Gasteiger partial charge in [0.15, 0.2) is 0 Å². The number of nitrogens with one attached hydrogen (secondary N) is 2. The monoisotopic (exact) mass is 417 g/mol. The predicted molar refractivity (Wildman–Crippen MR) is 121 cm³/mol. The first kappa shape index (κ1) is 20.7. The molecule has 1 aromatic heterocycles. The molecule has 1 aliphatic heterocycles. The zero-order valence-electron chi connectivity index (χ0n) is 17.4. The van der Waals surface area contributed by atoms with Gasteiger partial charge in [0.05, 0.1) is 0 Å². The zero-order chi connectivity index (χ0) is 21.5. The van der Waals surface area contributed by atoms with Gasteiger partial charge in [0.1, 0.15) is 0 Å². The lowest BCUT2D eigenvalue weighted by molar-refractivity contribution is -0.122. The molecule has 0 bridgehead atoms. The SMILES string of the molecule is O=C(CCN1CCN(c2ccccc2)CC1)NNC(=O)c1cccc(-n2cccc2)c1. The molecule has 2 amide bonds. The van der Waals surface area contributed by atoms with Crippen molar-refractivity contribution in [3.05, 3.63) is 84.7 Å². The Morgan fingerprint density at radius 1 is 0.774 bits per heavy atom. The summed E-state index contributed by atoms with van der Waals surface area (Å²) in [5.74, 6) is -0.528. The molecule has 7 heteroatoms. The second kappa shape index (κ2) is 9.95. The van der Waals surface area contributed by atoms with Crippen LogP contribution in [0.15, 0.2) is 79.1 Å². The lowest BCUT2D eigenvalue weighted by atomic mass is 10.2. The van der Waals surface area contributed by atoms with Gasteiger partial charge < -0.3 is 9.47 Å². The first-order valence-corrected chi connectivity index (χ1v) is 10.5. The number of hydrogen-bond donors (Lipinski definition) is 2. The number of benzene rings is 2. The molecule has 0 atom stereocenters. The molecule has 1 fully saturated rings. The zero-order valence-corrected chi connectivity index (χ0v) is 17.4. The molecule has 1 aliphatic rings. The van der Waals surface area contributed by atoms with Gasteiger partial charge in [-0.1, -0.05) is 24.3 Å². The van der Waals surface area contributed by atoms with Crippen molar-refractivity contribution < 1.29 is 9.59 Å². The van der Waals surface area contributed by atoms with Crippen LogP contribution in [0, 0.1) is 0 Å². The molecule has 0 spiro atoms. The summed E-state index contributed by atoms with van der Waals surface area (Å²) < 4.78 is 1.92. The maximum atomic E-state index is 12.4. The fourth-order valence-corrected chi connectivity index (χ4v) is 3.70. The van der Waals surface area contributed by atoms with Crippen molar-refractivity contribution in [1.82, 2.24) is 20.3 Å². The molecule has 2 N–H and O–H groups in total. The van der Waals surface area contributed by atoms with Crippen molar-refractivity contribution in [1.29, 1.82) is 0 Å². The van der Waals surface area contributed by atoms with E-state index in [1.54, 1.807) is 12.1 Å². The molecule has 4 rings (SSSR count). The summed E-state index contributed by atoms with van der Waals surface area (Å²) in [6.07, 6.45) is 4.17. The van der Waals surface area contributed by atoms with Gasteiger partial charge >= 0.3 is 0 Å². The van der Waals surface area contributed by atoms with Crippen LogP contribution in [0.2, 0.25) is 0 Å². The van der Waals surface area contributed by atoms with Gasteiger partial charge in [-0.05, 0) is 42.5 Å². The Kier molecular flexibility index (Phi) is 6.64. The summed E-state index contributed by atoms with van der Waals surface area (Å²) >= 11 is 0. The Hall–Kier alpha value is -3.58. The molecule has 2 heterocycles. The normalized spacial score (nSPS) is 14.3. The van der Waals surface area contributed by atoms with E-state index in [1.165, 1.54) is 5.69 Å². The number of anilines is 1. The molecule has 0 unspecified atom stereocenters. The van der Waals surface area contributed by atoms with Crippen LogP contribution in [0.4, 0.5) is 5.69 Å². The third kappa shape index (κ3) is 5.52. The van der Waals surface area contributed by atoms with Crippen LogP contribution in [0.25, 0.3) is 5.69 Å². The largest absolute Gasteiger partial charge is 0.369 e. The van der Waals surface area contributed by atoms with Crippen molar-refractivity contribution in [2.24, 2.45) is 0 Å². The first-order valence-electron chi connectivity index (χ1n) is 10.5. The van der Waals surface area contributed by atoms with Gasteiger partial charge in [-0.25, -0.2) is 0 Å². The molecular formula is C24H27N5O2. The first-order chi connectivity index (χ1) is 15.2. The third-order valence-corrected chi connectivity index (χ3v) is 5.48. The van der Waals surface area contributed by atoms with Crippen LogP contribution >= 0.6 is 0 Å². The second-order valence-electron chi connectivity index (χ2n) is 7.56.